The summed E-state index contributed by atoms with van der Waals surface area (Å²) in [5.41, 5.74) is 9.31. The van der Waals surface area contributed by atoms with Crippen molar-refractivity contribution in [3.63, 3.8) is 0 Å². The van der Waals surface area contributed by atoms with Gasteiger partial charge < -0.3 is 10.6 Å². The first-order chi connectivity index (χ1) is 10.7. The minimum Gasteiger partial charge on any atom is -0.312 e. The molecule has 1 aromatic carbocycles. The van der Waals surface area contributed by atoms with Crippen LogP contribution in [0.15, 0.2) is 83.1 Å². The Balaban J connectivity index is 2.22. The van der Waals surface area contributed by atoms with Crippen LogP contribution >= 0.6 is 0 Å². The number of benzene rings is 1. The first kappa shape index (κ1) is 14.2. The van der Waals surface area contributed by atoms with E-state index in [0.29, 0.717) is 0 Å². The SMILES string of the molecule is CN1C(=O)C(N)N=C(c2ccccc2)C2=C/C=C\C=C/C=C\21. The molecule has 1 unspecified atom stereocenters. The van der Waals surface area contributed by atoms with Gasteiger partial charge in [0.1, 0.15) is 0 Å². The molecule has 1 aliphatic carbocycles. The molecule has 0 saturated heterocycles. The molecule has 0 spiro atoms. The van der Waals surface area contributed by atoms with Crippen molar-refractivity contribution in [2.24, 2.45) is 10.7 Å². The second-order valence-corrected chi connectivity index (χ2v) is 5.09. The summed E-state index contributed by atoms with van der Waals surface area (Å²) in [4.78, 5) is 18.4. The van der Waals surface area contributed by atoms with Crippen LogP contribution in [0.1, 0.15) is 5.56 Å². The molecule has 1 atom stereocenters. The molecule has 110 valence electrons. The van der Waals surface area contributed by atoms with E-state index in [1.165, 1.54) is 0 Å². The Morgan fingerprint density at radius 1 is 1.05 bits per heavy atom. The number of nitrogens with two attached hydrogens (primary N) is 1. The Labute approximate surface area is 129 Å². The molecule has 0 aromatic heterocycles. The fraction of sp³-hybridized carbons (Fsp3) is 0.111. The molecule has 0 fully saturated rings. The van der Waals surface area contributed by atoms with Crippen molar-refractivity contribution in [1.29, 1.82) is 0 Å². The molecule has 1 aromatic rings. The number of allylic oxidation sites excluding steroid dienone is 7. The van der Waals surface area contributed by atoms with Crippen LogP contribution in [0.4, 0.5) is 0 Å². The number of likely N-dealkylation sites (N-methyl/N-ethyl adjacent to an activating group) is 1. The molecule has 1 heterocycles. The number of nitrogens with zero attached hydrogens (tertiary/aromatic N) is 2. The van der Waals surface area contributed by atoms with Gasteiger partial charge in [-0.3, -0.25) is 9.79 Å². The predicted octanol–water partition coefficient (Wildman–Crippen LogP) is 2.17. The van der Waals surface area contributed by atoms with E-state index in [9.17, 15) is 4.79 Å². The third-order valence-corrected chi connectivity index (χ3v) is 3.64. The topological polar surface area (TPSA) is 58.7 Å². The monoisotopic (exact) mass is 291 g/mol. The molecule has 0 saturated carbocycles. The Kier molecular flexibility index (Phi) is 3.85. The lowest BCUT2D eigenvalue weighted by molar-refractivity contribution is -0.129. The zero-order valence-electron chi connectivity index (χ0n) is 12.3. The number of fused-ring (bicyclic) bond motifs is 1. The number of rotatable bonds is 1. The summed E-state index contributed by atoms with van der Waals surface area (Å²) < 4.78 is 0. The van der Waals surface area contributed by atoms with Gasteiger partial charge in [-0.1, -0.05) is 60.7 Å². The standard InChI is InChI=1S/C18H17N3O/c1-21-15-12-8-3-2-7-11-14(15)16(20-17(19)18(21)22)13-9-5-4-6-10-13/h2-12,17H,19H2,1H3/b3-2?,7-2-,8-3-,11-7?,12-8?,14-11+,15-12+. The van der Waals surface area contributed by atoms with Crippen molar-refractivity contribution in [1.82, 2.24) is 4.90 Å². The van der Waals surface area contributed by atoms with E-state index < -0.39 is 6.17 Å². The average molecular weight is 291 g/mol. The fourth-order valence-corrected chi connectivity index (χ4v) is 2.50. The van der Waals surface area contributed by atoms with Crippen LogP contribution in [0.5, 0.6) is 0 Å². The van der Waals surface area contributed by atoms with E-state index in [2.05, 4.69) is 4.99 Å². The van der Waals surface area contributed by atoms with Crippen LogP contribution in [0.3, 0.4) is 0 Å². The van der Waals surface area contributed by atoms with Gasteiger partial charge in [-0.25, -0.2) is 0 Å². The predicted molar refractivity (Wildman–Crippen MR) is 88.2 cm³/mol. The zero-order chi connectivity index (χ0) is 15.5. The van der Waals surface area contributed by atoms with Gasteiger partial charge in [0, 0.05) is 18.2 Å². The number of hydrogen-bond donors (Lipinski definition) is 1. The van der Waals surface area contributed by atoms with Crippen LogP contribution in [0.25, 0.3) is 0 Å². The van der Waals surface area contributed by atoms with Crippen molar-refractivity contribution < 1.29 is 4.79 Å². The van der Waals surface area contributed by atoms with Crippen LogP contribution in [-0.4, -0.2) is 29.7 Å². The zero-order valence-corrected chi connectivity index (χ0v) is 12.3. The van der Waals surface area contributed by atoms with Crippen molar-refractivity contribution in [3.05, 3.63) is 83.6 Å². The highest BCUT2D eigenvalue weighted by Gasteiger charge is 2.29. The molecule has 22 heavy (non-hydrogen) atoms. The van der Waals surface area contributed by atoms with Crippen LogP contribution < -0.4 is 5.73 Å². The van der Waals surface area contributed by atoms with Gasteiger partial charge in [-0.15, -0.1) is 0 Å². The van der Waals surface area contributed by atoms with E-state index in [0.717, 1.165) is 22.5 Å². The van der Waals surface area contributed by atoms with Gasteiger partial charge in [0.05, 0.1) is 11.4 Å². The normalized spacial score (nSPS) is 28.8. The molecule has 1 aliphatic heterocycles. The summed E-state index contributed by atoms with van der Waals surface area (Å²) in [6.45, 7) is 0. The first-order valence-corrected chi connectivity index (χ1v) is 7.11. The highest BCUT2D eigenvalue weighted by Crippen LogP contribution is 2.25. The second-order valence-electron chi connectivity index (χ2n) is 5.09. The van der Waals surface area contributed by atoms with Gasteiger partial charge in [0.25, 0.3) is 5.91 Å². The average Bonchev–Trinajstić information content (AvgIpc) is 2.59. The summed E-state index contributed by atoms with van der Waals surface area (Å²) in [7, 11) is 1.73. The minimum absolute atomic E-state index is 0.221. The molecule has 4 nitrogen and oxygen atoms in total. The number of amides is 1. The van der Waals surface area contributed by atoms with Crippen LogP contribution in [0, 0.1) is 0 Å². The minimum atomic E-state index is -0.900. The van der Waals surface area contributed by atoms with Crippen molar-refractivity contribution in [3.8, 4) is 0 Å². The summed E-state index contributed by atoms with van der Waals surface area (Å²) in [5.74, 6) is -0.221. The van der Waals surface area contributed by atoms with Crippen molar-refractivity contribution in [2.75, 3.05) is 7.05 Å². The van der Waals surface area contributed by atoms with Crippen molar-refractivity contribution in [2.45, 2.75) is 6.17 Å². The molecular weight excluding hydrogens is 274 g/mol. The van der Waals surface area contributed by atoms with Gasteiger partial charge in [-0.2, -0.15) is 0 Å². The quantitative estimate of drug-likeness (QED) is 0.862. The second kappa shape index (κ2) is 5.95. The molecule has 2 N–H and O–H groups in total. The third-order valence-electron chi connectivity index (χ3n) is 3.64. The molecule has 0 bridgehead atoms. The molecule has 3 rings (SSSR count). The lowest BCUT2D eigenvalue weighted by Gasteiger charge is -2.21. The van der Waals surface area contributed by atoms with Gasteiger partial charge in [0.15, 0.2) is 6.17 Å². The molecule has 4 heteroatoms. The van der Waals surface area contributed by atoms with E-state index in [-0.39, 0.29) is 5.91 Å². The maximum Gasteiger partial charge on any atom is 0.266 e. The summed E-state index contributed by atoms with van der Waals surface area (Å²) in [6, 6.07) is 9.78. The highest BCUT2D eigenvalue weighted by atomic mass is 16.2. The fourth-order valence-electron chi connectivity index (χ4n) is 2.50. The molecular formula is C18H17N3O. The van der Waals surface area contributed by atoms with E-state index in [1.807, 2.05) is 66.8 Å². The molecule has 2 aliphatic rings. The lowest BCUT2D eigenvalue weighted by Crippen LogP contribution is -2.38. The first-order valence-electron chi connectivity index (χ1n) is 7.11. The van der Waals surface area contributed by atoms with Crippen LogP contribution in [-0.2, 0) is 4.79 Å². The Morgan fingerprint density at radius 3 is 2.45 bits per heavy atom. The molecule has 0 radical (unpaired) electrons. The Hall–Kier alpha value is -2.72. The third kappa shape index (κ3) is 2.56. The summed E-state index contributed by atoms with van der Waals surface area (Å²) in [6.07, 6.45) is 10.7. The van der Waals surface area contributed by atoms with E-state index in [4.69, 9.17) is 5.73 Å². The number of hydrogen-bond acceptors (Lipinski definition) is 3. The largest absolute Gasteiger partial charge is 0.312 e. The maximum atomic E-state index is 12.4. The Morgan fingerprint density at radius 2 is 1.73 bits per heavy atom. The Bertz CT molecular complexity index is 739. The number of carbonyl (C=O) groups excluding carboxylic acids is 1. The lowest BCUT2D eigenvalue weighted by atomic mass is 9.97. The van der Waals surface area contributed by atoms with Crippen molar-refractivity contribution >= 4 is 11.6 Å². The number of carbonyl (C=O) groups is 1. The molecule has 1 amide bonds. The van der Waals surface area contributed by atoms with Crippen LogP contribution in [0.2, 0.25) is 0 Å². The van der Waals surface area contributed by atoms with Gasteiger partial charge in [-0.05, 0) is 6.08 Å². The van der Waals surface area contributed by atoms with E-state index in [1.54, 1.807) is 11.9 Å². The number of aliphatic imine (C=N–C) groups is 1. The van der Waals surface area contributed by atoms with E-state index >= 15 is 0 Å². The summed E-state index contributed by atoms with van der Waals surface area (Å²) >= 11 is 0. The highest BCUT2D eigenvalue weighted by molar-refractivity contribution is 6.17. The smallest absolute Gasteiger partial charge is 0.266 e. The van der Waals surface area contributed by atoms with Gasteiger partial charge in [0.2, 0.25) is 0 Å². The summed E-state index contributed by atoms with van der Waals surface area (Å²) in [5, 5.41) is 0. The van der Waals surface area contributed by atoms with Gasteiger partial charge >= 0.3 is 0 Å². The maximum absolute atomic E-state index is 12.4.